The summed E-state index contributed by atoms with van der Waals surface area (Å²) in [6.45, 7) is 6.93. The van der Waals surface area contributed by atoms with Crippen LogP contribution in [0.25, 0.3) is 16.7 Å². The van der Waals surface area contributed by atoms with E-state index in [4.69, 9.17) is 0 Å². The summed E-state index contributed by atoms with van der Waals surface area (Å²) in [4.78, 5) is 17.0. The van der Waals surface area contributed by atoms with Gasteiger partial charge in [-0.05, 0) is 37.5 Å². The Morgan fingerprint density at radius 2 is 2.05 bits per heavy atom. The first-order valence-corrected chi connectivity index (χ1v) is 7.63. The second-order valence-corrected chi connectivity index (χ2v) is 5.61. The van der Waals surface area contributed by atoms with Crippen LogP contribution in [0.15, 0.2) is 35.5 Å². The molecule has 114 valence electrons. The lowest BCUT2D eigenvalue weighted by Gasteiger charge is -2.09. The number of aryl methyl sites for hydroxylation is 2. The Kier molecular flexibility index (Phi) is 3.79. The van der Waals surface area contributed by atoms with E-state index in [0.29, 0.717) is 17.6 Å². The third kappa shape index (κ3) is 2.32. The number of nitrogens with zero attached hydrogens (tertiary/aromatic N) is 4. The SMILES string of the molecule is CCCCn1cnc2c(cnn2-c2cccc(C)c2C)c1=O. The second-order valence-electron chi connectivity index (χ2n) is 5.61. The van der Waals surface area contributed by atoms with E-state index in [1.54, 1.807) is 21.8 Å². The molecule has 5 heteroatoms. The zero-order valence-corrected chi connectivity index (χ0v) is 13.2. The van der Waals surface area contributed by atoms with Gasteiger partial charge in [-0.2, -0.15) is 5.10 Å². The normalized spacial score (nSPS) is 11.2. The number of benzene rings is 1. The molecular weight excluding hydrogens is 276 g/mol. The van der Waals surface area contributed by atoms with E-state index >= 15 is 0 Å². The van der Waals surface area contributed by atoms with E-state index in [0.717, 1.165) is 24.1 Å². The highest BCUT2D eigenvalue weighted by Gasteiger charge is 2.13. The third-order valence-corrected chi connectivity index (χ3v) is 4.11. The topological polar surface area (TPSA) is 52.7 Å². The standard InChI is InChI=1S/C17H20N4O/c1-4-5-9-20-11-18-16-14(17(20)22)10-19-21(16)15-8-6-7-12(2)13(15)3/h6-8,10-11H,4-5,9H2,1-3H3. The predicted molar refractivity (Wildman–Crippen MR) is 87.5 cm³/mol. The van der Waals surface area contributed by atoms with Gasteiger partial charge in [0.2, 0.25) is 0 Å². The summed E-state index contributed by atoms with van der Waals surface area (Å²) < 4.78 is 3.42. The Labute approximate surface area is 129 Å². The minimum atomic E-state index is -0.0185. The van der Waals surface area contributed by atoms with Crippen LogP contribution in [0.5, 0.6) is 0 Å². The first-order valence-electron chi connectivity index (χ1n) is 7.63. The summed E-state index contributed by atoms with van der Waals surface area (Å²) in [6, 6.07) is 6.06. The molecule has 0 unspecified atom stereocenters. The maximum absolute atomic E-state index is 12.5. The predicted octanol–water partition coefficient (Wildman–Crippen LogP) is 3.00. The van der Waals surface area contributed by atoms with Gasteiger partial charge in [-0.15, -0.1) is 0 Å². The lowest BCUT2D eigenvalue weighted by Crippen LogP contribution is -2.20. The minimum Gasteiger partial charge on any atom is -0.299 e. The fourth-order valence-electron chi connectivity index (χ4n) is 2.58. The summed E-state index contributed by atoms with van der Waals surface area (Å²) in [5, 5.41) is 4.96. The summed E-state index contributed by atoms with van der Waals surface area (Å²) in [6.07, 6.45) is 5.27. The zero-order chi connectivity index (χ0) is 15.7. The van der Waals surface area contributed by atoms with Gasteiger partial charge in [0.1, 0.15) is 5.39 Å². The van der Waals surface area contributed by atoms with Crippen molar-refractivity contribution in [2.24, 2.45) is 0 Å². The van der Waals surface area contributed by atoms with E-state index in [9.17, 15) is 4.79 Å². The van der Waals surface area contributed by atoms with Crippen molar-refractivity contribution in [3.63, 3.8) is 0 Å². The van der Waals surface area contributed by atoms with Gasteiger partial charge >= 0.3 is 0 Å². The molecule has 0 radical (unpaired) electrons. The van der Waals surface area contributed by atoms with Crippen LogP contribution in [-0.4, -0.2) is 19.3 Å². The fourth-order valence-corrected chi connectivity index (χ4v) is 2.58. The molecule has 1 aromatic carbocycles. The molecule has 22 heavy (non-hydrogen) atoms. The second kappa shape index (κ2) is 5.75. The van der Waals surface area contributed by atoms with Crippen molar-refractivity contribution in [3.8, 4) is 5.69 Å². The molecule has 0 amide bonds. The van der Waals surface area contributed by atoms with Crippen molar-refractivity contribution in [2.75, 3.05) is 0 Å². The molecule has 5 nitrogen and oxygen atoms in total. The number of unbranched alkanes of at least 4 members (excludes halogenated alkanes) is 1. The highest BCUT2D eigenvalue weighted by atomic mass is 16.1. The summed E-state index contributed by atoms with van der Waals surface area (Å²) in [7, 11) is 0. The van der Waals surface area contributed by atoms with Gasteiger partial charge in [-0.25, -0.2) is 9.67 Å². The molecule has 0 aliphatic heterocycles. The molecule has 3 rings (SSSR count). The van der Waals surface area contributed by atoms with Crippen LogP contribution < -0.4 is 5.56 Å². The van der Waals surface area contributed by atoms with Crippen molar-refractivity contribution in [1.82, 2.24) is 19.3 Å². The van der Waals surface area contributed by atoms with Gasteiger partial charge in [-0.3, -0.25) is 9.36 Å². The lowest BCUT2D eigenvalue weighted by atomic mass is 10.1. The Bertz CT molecular complexity index is 876. The Hall–Kier alpha value is -2.43. The molecule has 0 aliphatic carbocycles. The van der Waals surface area contributed by atoms with Crippen LogP contribution in [0.2, 0.25) is 0 Å². The molecule has 0 spiro atoms. The van der Waals surface area contributed by atoms with Crippen LogP contribution in [0.4, 0.5) is 0 Å². The molecule has 0 aliphatic rings. The molecule has 0 N–H and O–H groups in total. The largest absolute Gasteiger partial charge is 0.299 e. The van der Waals surface area contributed by atoms with Crippen LogP contribution >= 0.6 is 0 Å². The molecular formula is C17H20N4O. The maximum atomic E-state index is 12.5. The average molecular weight is 296 g/mol. The zero-order valence-electron chi connectivity index (χ0n) is 13.2. The summed E-state index contributed by atoms with van der Waals surface area (Å²) in [5.74, 6) is 0. The smallest absolute Gasteiger partial charge is 0.264 e. The Morgan fingerprint density at radius 1 is 1.23 bits per heavy atom. The maximum Gasteiger partial charge on any atom is 0.264 e. The van der Waals surface area contributed by atoms with Crippen LogP contribution in [0.1, 0.15) is 30.9 Å². The van der Waals surface area contributed by atoms with E-state index in [1.165, 1.54) is 5.56 Å². The molecule has 0 saturated heterocycles. The van der Waals surface area contributed by atoms with Gasteiger partial charge < -0.3 is 0 Å². The van der Waals surface area contributed by atoms with Crippen LogP contribution in [0.3, 0.4) is 0 Å². The quantitative estimate of drug-likeness (QED) is 0.743. The van der Waals surface area contributed by atoms with Gasteiger partial charge in [0.25, 0.3) is 5.56 Å². The molecule has 2 heterocycles. The average Bonchev–Trinajstić information content (AvgIpc) is 2.94. The van der Waals surface area contributed by atoms with Gasteiger partial charge in [0.05, 0.1) is 18.2 Å². The highest BCUT2D eigenvalue weighted by Crippen LogP contribution is 2.19. The molecule has 2 aromatic heterocycles. The first-order chi connectivity index (χ1) is 10.6. The van der Waals surface area contributed by atoms with Crippen molar-refractivity contribution in [2.45, 2.75) is 40.2 Å². The van der Waals surface area contributed by atoms with Gasteiger partial charge in [0, 0.05) is 6.54 Å². The number of rotatable bonds is 4. The molecule has 0 bridgehead atoms. The highest BCUT2D eigenvalue weighted by molar-refractivity contribution is 5.75. The molecule has 3 aromatic rings. The lowest BCUT2D eigenvalue weighted by molar-refractivity contribution is 0.608. The number of aromatic nitrogens is 4. The molecule has 0 atom stereocenters. The number of fused-ring (bicyclic) bond motifs is 1. The number of hydrogen-bond donors (Lipinski definition) is 0. The van der Waals surface area contributed by atoms with E-state index in [2.05, 4.69) is 36.9 Å². The van der Waals surface area contributed by atoms with Crippen LogP contribution in [-0.2, 0) is 6.54 Å². The van der Waals surface area contributed by atoms with Crippen LogP contribution in [0, 0.1) is 13.8 Å². The monoisotopic (exact) mass is 296 g/mol. The van der Waals surface area contributed by atoms with Crippen molar-refractivity contribution in [3.05, 3.63) is 52.2 Å². The molecule has 0 fully saturated rings. The van der Waals surface area contributed by atoms with E-state index in [1.807, 2.05) is 12.1 Å². The van der Waals surface area contributed by atoms with Crippen molar-refractivity contribution >= 4 is 11.0 Å². The summed E-state index contributed by atoms with van der Waals surface area (Å²) in [5.41, 5.74) is 3.90. The molecule has 0 saturated carbocycles. The van der Waals surface area contributed by atoms with Crippen molar-refractivity contribution in [1.29, 1.82) is 0 Å². The Balaban J connectivity index is 2.16. The van der Waals surface area contributed by atoms with E-state index < -0.39 is 0 Å². The number of hydrogen-bond acceptors (Lipinski definition) is 3. The fraction of sp³-hybridized carbons (Fsp3) is 0.353. The van der Waals surface area contributed by atoms with Crippen molar-refractivity contribution < 1.29 is 0 Å². The van der Waals surface area contributed by atoms with Gasteiger partial charge in [0.15, 0.2) is 5.65 Å². The van der Waals surface area contributed by atoms with Gasteiger partial charge in [-0.1, -0.05) is 25.5 Å². The Morgan fingerprint density at radius 3 is 2.82 bits per heavy atom. The summed E-state index contributed by atoms with van der Waals surface area (Å²) >= 11 is 0. The first kappa shape index (κ1) is 14.5. The van der Waals surface area contributed by atoms with E-state index in [-0.39, 0.29) is 5.56 Å². The minimum absolute atomic E-state index is 0.0185. The third-order valence-electron chi connectivity index (χ3n) is 4.11.